The highest BCUT2D eigenvalue weighted by atomic mass is 16.5. The second-order valence-corrected chi connectivity index (χ2v) is 4.95. The Kier molecular flexibility index (Phi) is 4.01. The molecular weight excluding hydrogens is 222 g/mol. The van der Waals surface area contributed by atoms with E-state index in [-0.39, 0.29) is 24.2 Å². The number of ether oxygens (including phenoxy) is 2. The topological polar surface area (TPSA) is 59.0 Å². The average molecular weight is 243 g/mol. The summed E-state index contributed by atoms with van der Waals surface area (Å²) in [6.45, 7) is 1.56. The van der Waals surface area contributed by atoms with Crippen LogP contribution in [0.15, 0.2) is 0 Å². The lowest BCUT2D eigenvalue weighted by molar-refractivity contribution is -0.143. The highest BCUT2D eigenvalue weighted by Gasteiger charge is 2.43. The molecule has 98 valence electrons. The van der Waals surface area contributed by atoms with Crippen LogP contribution in [0.5, 0.6) is 0 Å². The van der Waals surface area contributed by atoms with E-state index in [1.54, 1.807) is 14.2 Å². The monoisotopic (exact) mass is 243 g/mol. The van der Waals surface area contributed by atoms with E-state index in [1.807, 2.05) is 0 Å². The molecule has 0 bridgehead atoms. The Bertz CT molecular complexity index is 272. The minimum absolute atomic E-state index is 0.0649. The molecular formula is C12H21NO4. The number of methoxy groups -OCH3 is 2. The zero-order valence-corrected chi connectivity index (χ0v) is 10.5. The van der Waals surface area contributed by atoms with Gasteiger partial charge in [0.1, 0.15) is 0 Å². The fourth-order valence-corrected chi connectivity index (χ4v) is 3.16. The molecule has 0 aromatic carbocycles. The van der Waals surface area contributed by atoms with Gasteiger partial charge in [-0.25, -0.2) is 0 Å². The Morgan fingerprint density at radius 2 is 1.76 bits per heavy atom. The number of aliphatic carboxylic acids is 1. The van der Waals surface area contributed by atoms with E-state index in [9.17, 15) is 9.90 Å². The van der Waals surface area contributed by atoms with Gasteiger partial charge in [0.2, 0.25) is 0 Å². The van der Waals surface area contributed by atoms with E-state index in [0.717, 1.165) is 32.4 Å². The van der Waals surface area contributed by atoms with E-state index in [1.165, 1.54) is 0 Å². The van der Waals surface area contributed by atoms with Gasteiger partial charge in [0.15, 0.2) is 0 Å². The molecule has 0 aromatic rings. The molecule has 2 rings (SSSR count). The van der Waals surface area contributed by atoms with Gasteiger partial charge in [-0.05, 0) is 12.8 Å². The van der Waals surface area contributed by atoms with Crippen molar-refractivity contribution in [3.05, 3.63) is 0 Å². The van der Waals surface area contributed by atoms with E-state index in [0.29, 0.717) is 0 Å². The first-order chi connectivity index (χ1) is 8.17. The van der Waals surface area contributed by atoms with E-state index >= 15 is 0 Å². The average Bonchev–Trinajstić information content (AvgIpc) is 2.94. The summed E-state index contributed by atoms with van der Waals surface area (Å²) in [7, 11) is 3.37. The molecule has 4 atom stereocenters. The molecule has 0 amide bonds. The normalized spacial score (nSPS) is 38.7. The van der Waals surface area contributed by atoms with Crippen molar-refractivity contribution in [1.29, 1.82) is 0 Å². The summed E-state index contributed by atoms with van der Waals surface area (Å²) < 4.78 is 10.8. The maximum atomic E-state index is 11.2. The number of rotatable bonds is 4. The van der Waals surface area contributed by atoms with Crippen LogP contribution in [0.2, 0.25) is 0 Å². The van der Waals surface area contributed by atoms with Crippen LogP contribution in [0, 0.1) is 5.92 Å². The van der Waals surface area contributed by atoms with Gasteiger partial charge >= 0.3 is 5.97 Å². The van der Waals surface area contributed by atoms with E-state index in [4.69, 9.17) is 9.47 Å². The summed E-state index contributed by atoms with van der Waals surface area (Å²) in [5.74, 6) is -0.884. The van der Waals surface area contributed by atoms with Crippen LogP contribution in [0.3, 0.4) is 0 Å². The second kappa shape index (κ2) is 5.33. The molecule has 1 N–H and O–H groups in total. The molecule has 5 nitrogen and oxygen atoms in total. The maximum Gasteiger partial charge on any atom is 0.308 e. The lowest BCUT2D eigenvalue weighted by Crippen LogP contribution is -2.40. The molecule has 5 heteroatoms. The van der Waals surface area contributed by atoms with Gasteiger partial charge in [0, 0.05) is 33.4 Å². The van der Waals surface area contributed by atoms with Gasteiger partial charge in [-0.2, -0.15) is 0 Å². The molecule has 1 saturated heterocycles. The Morgan fingerprint density at radius 3 is 2.24 bits per heavy atom. The number of nitrogens with zero attached hydrogens (tertiary/aromatic N) is 1. The van der Waals surface area contributed by atoms with Crippen molar-refractivity contribution in [3.8, 4) is 0 Å². The number of likely N-dealkylation sites (tertiary alicyclic amines) is 1. The van der Waals surface area contributed by atoms with E-state index in [2.05, 4.69) is 4.90 Å². The molecule has 0 spiro atoms. The van der Waals surface area contributed by atoms with Crippen molar-refractivity contribution in [3.63, 3.8) is 0 Å². The molecule has 1 saturated carbocycles. The van der Waals surface area contributed by atoms with Crippen LogP contribution in [-0.4, -0.2) is 61.5 Å². The number of hydrogen-bond acceptors (Lipinski definition) is 4. The predicted octanol–water partition coefficient (Wildman–Crippen LogP) is 0.585. The standard InChI is InChI=1S/C12H21NO4/c1-16-10-6-13(7-11(10)17-2)9-5-3-4-8(9)12(14)15/h8-11H,3-7H2,1-2H3,(H,14,15). The first kappa shape index (κ1) is 12.8. The first-order valence-corrected chi connectivity index (χ1v) is 6.19. The molecule has 0 aromatic heterocycles. The zero-order chi connectivity index (χ0) is 12.4. The first-order valence-electron chi connectivity index (χ1n) is 6.19. The molecule has 4 unspecified atom stereocenters. The summed E-state index contributed by atoms with van der Waals surface area (Å²) in [6.07, 6.45) is 2.91. The SMILES string of the molecule is COC1CN(C2CCCC2C(=O)O)CC1OC. The molecule has 2 fully saturated rings. The number of hydrogen-bond donors (Lipinski definition) is 1. The molecule has 2 aliphatic rings. The Labute approximate surface area is 102 Å². The quantitative estimate of drug-likeness (QED) is 0.783. The number of carbonyl (C=O) groups is 1. The summed E-state index contributed by atoms with van der Waals surface area (Å²) in [5.41, 5.74) is 0. The Hall–Kier alpha value is -0.650. The van der Waals surface area contributed by atoms with Gasteiger partial charge in [-0.15, -0.1) is 0 Å². The lowest BCUT2D eigenvalue weighted by atomic mass is 10.0. The van der Waals surface area contributed by atoms with Gasteiger partial charge in [0.05, 0.1) is 18.1 Å². The summed E-state index contributed by atoms with van der Waals surface area (Å²) >= 11 is 0. The van der Waals surface area contributed by atoms with Crippen LogP contribution in [0.1, 0.15) is 19.3 Å². The summed E-state index contributed by atoms with van der Waals surface area (Å²) in [5, 5.41) is 9.20. The molecule has 1 aliphatic heterocycles. The largest absolute Gasteiger partial charge is 0.481 e. The van der Waals surface area contributed by atoms with Crippen molar-refractivity contribution < 1.29 is 19.4 Å². The van der Waals surface area contributed by atoms with Crippen molar-refractivity contribution in [2.24, 2.45) is 5.92 Å². The predicted molar refractivity (Wildman–Crippen MR) is 61.9 cm³/mol. The highest BCUT2D eigenvalue weighted by molar-refractivity contribution is 5.71. The van der Waals surface area contributed by atoms with Crippen LogP contribution in [0.4, 0.5) is 0 Å². The van der Waals surface area contributed by atoms with Crippen LogP contribution < -0.4 is 0 Å². The fraction of sp³-hybridized carbons (Fsp3) is 0.917. The minimum Gasteiger partial charge on any atom is -0.481 e. The molecule has 17 heavy (non-hydrogen) atoms. The molecule has 0 radical (unpaired) electrons. The summed E-state index contributed by atoms with van der Waals surface area (Å²) in [6, 6.07) is 0.158. The number of carboxylic acid groups (broad SMARTS) is 1. The third-order valence-corrected chi connectivity index (χ3v) is 4.11. The molecule has 1 heterocycles. The van der Waals surface area contributed by atoms with Crippen molar-refractivity contribution >= 4 is 5.97 Å². The van der Waals surface area contributed by atoms with Gasteiger partial charge in [-0.1, -0.05) is 6.42 Å². The smallest absolute Gasteiger partial charge is 0.308 e. The van der Waals surface area contributed by atoms with Gasteiger partial charge in [0.25, 0.3) is 0 Å². The fourth-order valence-electron chi connectivity index (χ4n) is 3.16. The van der Waals surface area contributed by atoms with Gasteiger partial charge < -0.3 is 14.6 Å². The third-order valence-electron chi connectivity index (χ3n) is 4.11. The summed E-state index contributed by atoms with van der Waals surface area (Å²) in [4.78, 5) is 13.4. The minimum atomic E-state index is -0.665. The highest BCUT2D eigenvalue weighted by Crippen LogP contribution is 2.33. The van der Waals surface area contributed by atoms with Crippen LogP contribution in [-0.2, 0) is 14.3 Å². The van der Waals surface area contributed by atoms with Crippen LogP contribution >= 0.6 is 0 Å². The zero-order valence-electron chi connectivity index (χ0n) is 10.5. The number of carboxylic acids is 1. The lowest BCUT2D eigenvalue weighted by Gasteiger charge is -2.27. The Balaban J connectivity index is 2.01. The van der Waals surface area contributed by atoms with Crippen LogP contribution in [0.25, 0.3) is 0 Å². The Morgan fingerprint density at radius 1 is 1.18 bits per heavy atom. The van der Waals surface area contributed by atoms with Crippen molar-refractivity contribution in [1.82, 2.24) is 4.90 Å². The third kappa shape index (κ3) is 2.46. The molecule has 1 aliphatic carbocycles. The maximum absolute atomic E-state index is 11.2. The second-order valence-electron chi connectivity index (χ2n) is 4.95. The van der Waals surface area contributed by atoms with Crippen molar-refractivity contribution in [2.45, 2.75) is 37.5 Å². The van der Waals surface area contributed by atoms with Crippen molar-refractivity contribution in [2.75, 3.05) is 27.3 Å². The van der Waals surface area contributed by atoms with Gasteiger partial charge in [-0.3, -0.25) is 9.69 Å². The van der Waals surface area contributed by atoms with E-state index < -0.39 is 5.97 Å².